The van der Waals surface area contributed by atoms with E-state index < -0.39 is 0 Å². The fraction of sp³-hybridized carbons (Fsp3) is 0.294. The highest BCUT2D eigenvalue weighted by atomic mass is 32.2. The highest BCUT2D eigenvalue weighted by Crippen LogP contribution is 2.31. The Morgan fingerprint density at radius 3 is 2.37 bits per heavy atom. The van der Waals surface area contributed by atoms with Crippen LogP contribution in [0.4, 0.5) is 0 Å². The Kier molecular flexibility index (Phi) is 5.49. The molecule has 1 unspecified atom stereocenters. The lowest BCUT2D eigenvalue weighted by molar-refractivity contribution is 0.777. The third kappa shape index (κ3) is 4.12. The van der Waals surface area contributed by atoms with Crippen molar-refractivity contribution in [3.05, 3.63) is 71.3 Å². The topological polar surface area (TPSA) is 12.0 Å². The van der Waals surface area contributed by atoms with Gasteiger partial charge in [0, 0.05) is 17.5 Å². The number of aryl methyl sites for hydroxylation is 1. The summed E-state index contributed by atoms with van der Waals surface area (Å²) in [5, 5.41) is 3.80. The summed E-state index contributed by atoms with van der Waals surface area (Å²) in [6, 6.07) is 19.4. The number of hydrogen-bond acceptors (Lipinski definition) is 2. The molecule has 0 fully saturated rings. The number of rotatable bonds is 6. The number of nitrogens with one attached hydrogen (secondary N) is 1. The van der Waals surface area contributed by atoms with Crippen LogP contribution in [0.15, 0.2) is 54.6 Å². The number of hydrogen-bond donors (Lipinski definition) is 1. The van der Waals surface area contributed by atoms with E-state index in [-0.39, 0.29) is 0 Å². The second-order valence-corrected chi connectivity index (χ2v) is 5.89. The van der Waals surface area contributed by atoms with Gasteiger partial charge in [0.1, 0.15) is 0 Å². The molecule has 0 aliphatic heterocycles. The average Bonchev–Trinajstić information content (AvgIpc) is 2.46. The van der Waals surface area contributed by atoms with Crippen molar-refractivity contribution in [2.75, 3.05) is 13.6 Å². The van der Waals surface area contributed by atoms with Gasteiger partial charge in [0.25, 0.3) is 0 Å². The van der Waals surface area contributed by atoms with Crippen LogP contribution in [0.5, 0.6) is 0 Å². The molecule has 0 radical (unpaired) electrons. The van der Waals surface area contributed by atoms with E-state index in [1.165, 1.54) is 16.7 Å². The van der Waals surface area contributed by atoms with Crippen molar-refractivity contribution in [1.29, 1.82) is 0 Å². The average molecular weight is 271 g/mol. The molecule has 0 bridgehead atoms. The maximum atomic E-state index is 3.30. The molecule has 2 aromatic rings. The normalized spacial score (nSPS) is 12.3. The zero-order valence-corrected chi connectivity index (χ0v) is 12.4. The van der Waals surface area contributed by atoms with Crippen molar-refractivity contribution in [3.8, 4) is 0 Å². The molecule has 2 rings (SSSR count). The second kappa shape index (κ2) is 7.37. The summed E-state index contributed by atoms with van der Waals surface area (Å²) in [7, 11) is 2.02. The van der Waals surface area contributed by atoms with Gasteiger partial charge in [-0.15, -0.1) is 11.8 Å². The number of likely N-dealkylation sites (N-methyl/N-ethyl adjacent to an activating group) is 1. The van der Waals surface area contributed by atoms with E-state index in [0.29, 0.717) is 5.25 Å². The van der Waals surface area contributed by atoms with Crippen molar-refractivity contribution >= 4 is 11.8 Å². The molecule has 1 N–H and O–H groups in total. The van der Waals surface area contributed by atoms with Gasteiger partial charge < -0.3 is 5.32 Å². The van der Waals surface area contributed by atoms with E-state index in [2.05, 4.69) is 66.8 Å². The van der Waals surface area contributed by atoms with Crippen molar-refractivity contribution in [3.63, 3.8) is 0 Å². The minimum atomic E-state index is 0.505. The maximum absolute atomic E-state index is 3.30. The first-order chi connectivity index (χ1) is 9.31. The third-order valence-electron chi connectivity index (χ3n) is 3.26. The van der Waals surface area contributed by atoms with Gasteiger partial charge in [-0.3, -0.25) is 0 Å². The monoisotopic (exact) mass is 271 g/mol. The SMILES string of the molecule is CNCC(SCc1ccccc1C)c1ccccc1. The lowest BCUT2D eigenvalue weighted by Crippen LogP contribution is -2.15. The van der Waals surface area contributed by atoms with Crippen LogP contribution in [0.1, 0.15) is 21.9 Å². The zero-order valence-electron chi connectivity index (χ0n) is 11.6. The van der Waals surface area contributed by atoms with Gasteiger partial charge in [-0.05, 0) is 30.7 Å². The Morgan fingerprint density at radius 2 is 1.68 bits per heavy atom. The fourth-order valence-corrected chi connectivity index (χ4v) is 3.43. The fourth-order valence-electron chi connectivity index (χ4n) is 2.09. The minimum absolute atomic E-state index is 0.505. The first-order valence-electron chi connectivity index (χ1n) is 6.67. The summed E-state index contributed by atoms with van der Waals surface area (Å²) < 4.78 is 0. The van der Waals surface area contributed by atoms with E-state index in [1.807, 2.05) is 18.8 Å². The van der Waals surface area contributed by atoms with E-state index in [9.17, 15) is 0 Å². The smallest absolute Gasteiger partial charge is 0.0425 e. The first-order valence-corrected chi connectivity index (χ1v) is 7.72. The first kappa shape index (κ1) is 14.2. The molecular weight excluding hydrogens is 250 g/mol. The van der Waals surface area contributed by atoms with E-state index in [1.54, 1.807) is 0 Å². The largest absolute Gasteiger partial charge is 0.318 e. The molecule has 19 heavy (non-hydrogen) atoms. The van der Waals surface area contributed by atoms with Crippen LogP contribution in [-0.2, 0) is 5.75 Å². The molecule has 0 saturated carbocycles. The molecule has 0 aliphatic rings. The van der Waals surface area contributed by atoms with Crippen LogP contribution in [0.25, 0.3) is 0 Å². The van der Waals surface area contributed by atoms with Crippen molar-refractivity contribution < 1.29 is 0 Å². The molecule has 0 aliphatic carbocycles. The highest BCUT2D eigenvalue weighted by molar-refractivity contribution is 7.98. The molecule has 1 atom stereocenters. The van der Waals surface area contributed by atoms with E-state index >= 15 is 0 Å². The van der Waals surface area contributed by atoms with Crippen molar-refractivity contribution in [1.82, 2.24) is 5.32 Å². The summed E-state index contributed by atoms with van der Waals surface area (Å²) >= 11 is 2.00. The van der Waals surface area contributed by atoms with Gasteiger partial charge in [-0.1, -0.05) is 54.6 Å². The van der Waals surface area contributed by atoms with E-state index in [4.69, 9.17) is 0 Å². The van der Waals surface area contributed by atoms with Crippen LogP contribution in [0, 0.1) is 6.92 Å². The predicted octanol–water partition coefficient (Wildman–Crippen LogP) is 4.19. The van der Waals surface area contributed by atoms with Crippen molar-refractivity contribution in [2.24, 2.45) is 0 Å². The zero-order chi connectivity index (χ0) is 13.5. The van der Waals surface area contributed by atoms with Crippen LogP contribution in [-0.4, -0.2) is 13.6 Å². The molecule has 1 nitrogen and oxygen atoms in total. The molecular formula is C17H21NS. The van der Waals surface area contributed by atoms with Gasteiger partial charge in [0.2, 0.25) is 0 Å². The molecule has 0 saturated heterocycles. The van der Waals surface area contributed by atoms with Gasteiger partial charge >= 0.3 is 0 Å². The van der Waals surface area contributed by atoms with Gasteiger partial charge in [-0.25, -0.2) is 0 Å². The van der Waals surface area contributed by atoms with Gasteiger partial charge in [0.15, 0.2) is 0 Å². The summed E-state index contributed by atoms with van der Waals surface area (Å²) in [5.41, 5.74) is 4.21. The summed E-state index contributed by atoms with van der Waals surface area (Å²) in [6.45, 7) is 3.19. The predicted molar refractivity (Wildman–Crippen MR) is 85.6 cm³/mol. The molecule has 2 heteroatoms. The third-order valence-corrected chi connectivity index (χ3v) is 4.58. The van der Waals surface area contributed by atoms with Crippen LogP contribution >= 0.6 is 11.8 Å². The Morgan fingerprint density at radius 1 is 1.00 bits per heavy atom. The second-order valence-electron chi connectivity index (χ2n) is 4.69. The van der Waals surface area contributed by atoms with Gasteiger partial charge in [0.05, 0.1) is 0 Å². The van der Waals surface area contributed by atoms with Crippen molar-refractivity contribution in [2.45, 2.75) is 17.9 Å². The summed E-state index contributed by atoms with van der Waals surface area (Å²) in [5.74, 6) is 1.06. The molecule has 0 spiro atoms. The Labute approximate surface area is 120 Å². The lowest BCUT2D eigenvalue weighted by Gasteiger charge is -2.17. The minimum Gasteiger partial charge on any atom is -0.318 e. The molecule has 100 valence electrons. The maximum Gasteiger partial charge on any atom is 0.0425 e. The van der Waals surface area contributed by atoms with Crippen LogP contribution in [0.2, 0.25) is 0 Å². The standard InChI is InChI=1S/C17H21NS/c1-14-8-6-7-11-16(14)13-19-17(12-18-2)15-9-4-3-5-10-15/h3-11,17-18H,12-13H2,1-2H3. The molecule has 0 aromatic heterocycles. The summed E-state index contributed by atoms with van der Waals surface area (Å²) in [4.78, 5) is 0. The lowest BCUT2D eigenvalue weighted by atomic mass is 10.1. The molecule has 0 heterocycles. The Hall–Kier alpha value is -1.25. The molecule has 2 aromatic carbocycles. The van der Waals surface area contributed by atoms with Crippen LogP contribution < -0.4 is 5.32 Å². The Bertz CT molecular complexity index is 496. The van der Waals surface area contributed by atoms with Crippen LogP contribution in [0.3, 0.4) is 0 Å². The molecule has 0 amide bonds. The van der Waals surface area contributed by atoms with E-state index in [0.717, 1.165) is 12.3 Å². The number of benzene rings is 2. The van der Waals surface area contributed by atoms with Gasteiger partial charge in [-0.2, -0.15) is 0 Å². The number of thioether (sulfide) groups is 1. The quantitative estimate of drug-likeness (QED) is 0.845. The summed E-state index contributed by atoms with van der Waals surface area (Å²) in [6.07, 6.45) is 0. The highest BCUT2D eigenvalue weighted by Gasteiger charge is 2.11. The Balaban J connectivity index is 2.04.